The highest BCUT2D eigenvalue weighted by Crippen LogP contribution is 2.16. The van der Waals surface area contributed by atoms with E-state index in [1.165, 1.54) is 0 Å². The van der Waals surface area contributed by atoms with Crippen molar-refractivity contribution in [3.8, 4) is 0 Å². The molecule has 4 nitrogen and oxygen atoms in total. The van der Waals surface area contributed by atoms with Gasteiger partial charge in [0.2, 0.25) is 0 Å². The maximum Gasteiger partial charge on any atom is 0.251 e. The summed E-state index contributed by atoms with van der Waals surface area (Å²) >= 11 is 1.58. The zero-order chi connectivity index (χ0) is 14.9. The second kappa shape index (κ2) is 5.27. The SMILES string of the molecule is O=C(NCc1cn2ccsc2n1)c1ccc2ccccc2c1. The molecule has 4 rings (SSSR count). The Kier molecular flexibility index (Phi) is 3.12. The van der Waals surface area contributed by atoms with Crippen LogP contribution in [-0.4, -0.2) is 15.3 Å². The Bertz CT molecular complexity index is 942. The van der Waals surface area contributed by atoms with Crippen molar-refractivity contribution in [2.75, 3.05) is 0 Å². The minimum atomic E-state index is -0.0814. The highest BCUT2D eigenvalue weighted by molar-refractivity contribution is 7.15. The van der Waals surface area contributed by atoms with E-state index in [2.05, 4.69) is 10.3 Å². The molecule has 0 aliphatic rings. The third-order valence-electron chi connectivity index (χ3n) is 3.58. The molecule has 108 valence electrons. The molecule has 0 saturated heterocycles. The molecule has 1 amide bonds. The van der Waals surface area contributed by atoms with Gasteiger partial charge in [0.05, 0.1) is 12.2 Å². The number of nitrogens with one attached hydrogen (secondary N) is 1. The molecule has 0 aliphatic carbocycles. The monoisotopic (exact) mass is 307 g/mol. The lowest BCUT2D eigenvalue weighted by molar-refractivity contribution is 0.0950. The smallest absolute Gasteiger partial charge is 0.251 e. The summed E-state index contributed by atoms with van der Waals surface area (Å²) < 4.78 is 1.96. The van der Waals surface area contributed by atoms with Crippen LogP contribution in [0.2, 0.25) is 0 Å². The molecular formula is C17H13N3OS. The highest BCUT2D eigenvalue weighted by atomic mass is 32.1. The minimum Gasteiger partial charge on any atom is -0.346 e. The number of fused-ring (bicyclic) bond motifs is 2. The summed E-state index contributed by atoms with van der Waals surface area (Å²) in [5.41, 5.74) is 1.53. The Morgan fingerprint density at radius 1 is 1.18 bits per heavy atom. The van der Waals surface area contributed by atoms with Gasteiger partial charge in [-0.25, -0.2) is 4.98 Å². The summed E-state index contributed by atoms with van der Waals surface area (Å²) in [4.78, 5) is 17.7. The van der Waals surface area contributed by atoms with Crippen LogP contribution in [0.5, 0.6) is 0 Å². The second-order valence-corrected chi connectivity index (χ2v) is 5.94. The van der Waals surface area contributed by atoms with Gasteiger partial charge in [0, 0.05) is 23.3 Å². The van der Waals surface area contributed by atoms with Crippen LogP contribution < -0.4 is 5.32 Å². The lowest BCUT2D eigenvalue weighted by atomic mass is 10.1. The number of carbonyl (C=O) groups excluding carboxylic acids is 1. The van der Waals surface area contributed by atoms with Gasteiger partial charge in [0.15, 0.2) is 4.96 Å². The van der Waals surface area contributed by atoms with Gasteiger partial charge < -0.3 is 5.32 Å². The third-order valence-corrected chi connectivity index (χ3v) is 4.36. The van der Waals surface area contributed by atoms with Crippen LogP contribution in [0.4, 0.5) is 0 Å². The van der Waals surface area contributed by atoms with E-state index in [9.17, 15) is 4.79 Å². The Hall–Kier alpha value is -2.66. The minimum absolute atomic E-state index is 0.0814. The number of thiazole rings is 1. The molecule has 0 bridgehead atoms. The summed E-state index contributed by atoms with van der Waals surface area (Å²) in [6.45, 7) is 0.431. The maximum absolute atomic E-state index is 12.3. The molecule has 0 radical (unpaired) electrons. The van der Waals surface area contributed by atoms with Crippen LogP contribution in [0.3, 0.4) is 0 Å². The van der Waals surface area contributed by atoms with E-state index >= 15 is 0 Å². The fourth-order valence-electron chi connectivity index (χ4n) is 2.46. The topological polar surface area (TPSA) is 46.4 Å². The Balaban J connectivity index is 1.51. The molecule has 2 aromatic heterocycles. The molecular weight excluding hydrogens is 294 g/mol. The van der Waals surface area contributed by atoms with Crippen molar-refractivity contribution >= 4 is 33.0 Å². The quantitative estimate of drug-likeness (QED) is 0.630. The highest BCUT2D eigenvalue weighted by Gasteiger charge is 2.08. The van der Waals surface area contributed by atoms with E-state index in [4.69, 9.17) is 0 Å². The van der Waals surface area contributed by atoms with Crippen LogP contribution in [-0.2, 0) is 6.54 Å². The zero-order valence-electron chi connectivity index (χ0n) is 11.7. The van der Waals surface area contributed by atoms with Gasteiger partial charge in [-0.2, -0.15) is 0 Å². The summed E-state index contributed by atoms with van der Waals surface area (Å²) in [5.74, 6) is -0.0814. The molecule has 2 heterocycles. The summed E-state index contributed by atoms with van der Waals surface area (Å²) in [7, 11) is 0. The zero-order valence-corrected chi connectivity index (χ0v) is 12.5. The number of aromatic nitrogens is 2. The fraction of sp³-hybridized carbons (Fsp3) is 0.0588. The van der Waals surface area contributed by atoms with Crippen LogP contribution in [0, 0.1) is 0 Å². The van der Waals surface area contributed by atoms with Gasteiger partial charge in [0.25, 0.3) is 5.91 Å². The van der Waals surface area contributed by atoms with Gasteiger partial charge >= 0.3 is 0 Å². The van der Waals surface area contributed by atoms with Crippen molar-refractivity contribution in [1.29, 1.82) is 0 Å². The van der Waals surface area contributed by atoms with Crippen LogP contribution in [0.15, 0.2) is 60.2 Å². The second-order valence-electron chi connectivity index (χ2n) is 5.07. The molecule has 1 N–H and O–H groups in total. The standard InChI is InChI=1S/C17H13N3OS/c21-16(14-6-5-12-3-1-2-4-13(12)9-14)18-10-15-11-20-7-8-22-17(20)19-15/h1-9,11H,10H2,(H,18,21). The first-order chi connectivity index (χ1) is 10.8. The summed E-state index contributed by atoms with van der Waals surface area (Å²) in [6, 6.07) is 13.7. The first kappa shape index (κ1) is 13.0. The van der Waals surface area contributed by atoms with E-state index in [-0.39, 0.29) is 5.91 Å². The Morgan fingerprint density at radius 2 is 2.05 bits per heavy atom. The van der Waals surface area contributed by atoms with Crippen molar-refractivity contribution in [2.45, 2.75) is 6.54 Å². The van der Waals surface area contributed by atoms with Gasteiger partial charge in [0.1, 0.15) is 0 Å². The molecule has 2 aromatic carbocycles. The van der Waals surface area contributed by atoms with Crippen molar-refractivity contribution in [3.05, 3.63) is 71.5 Å². The molecule has 4 aromatic rings. The molecule has 0 saturated carbocycles. The number of amides is 1. The van der Waals surface area contributed by atoms with Crippen molar-refractivity contribution in [3.63, 3.8) is 0 Å². The van der Waals surface area contributed by atoms with E-state index in [1.54, 1.807) is 11.3 Å². The first-order valence-corrected chi connectivity index (χ1v) is 7.86. The summed E-state index contributed by atoms with van der Waals surface area (Å²) in [6.07, 6.45) is 3.90. The molecule has 0 spiro atoms. The van der Waals surface area contributed by atoms with Crippen molar-refractivity contribution in [2.24, 2.45) is 0 Å². The van der Waals surface area contributed by atoms with Crippen LogP contribution >= 0.6 is 11.3 Å². The Labute approximate surface area is 131 Å². The summed E-state index contributed by atoms with van der Waals surface area (Å²) in [5, 5.41) is 7.11. The number of imidazole rings is 1. The number of hydrogen-bond acceptors (Lipinski definition) is 3. The third kappa shape index (κ3) is 2.35. The number of rotatable bonds is 3. The average Bonchev–Trinajstić information content (AvgIpc) is 3.13. The number of carbonyl (C=O) groups is 1. The molecule has 22 heavy (non-hydrogen) atoms. The lowest BCUT2D eigenvalue weighted by Crippen LogP contribution is -2.22. The molecule has 5 heteroatoms. The normalized spacial score (nSPS) is 11.1. The predicted octanol–water partition coefficient (Wildman–Crippen LogP) is 3.48. The van der Waals surface area contributed by atoms with Gasteiger partial charge in [-0.05, 0) is 22.9 Å². The van der Waals surface area contributed by atoms with Crippen LogP contribution in [0.1, 0.15) is 16.1 Å². The van der Waals surface area contributed by atoms with Gasteiger partial charge in [-0.15, -0.1) is 11.3 Å². The van der Waals surface area contributed by atoms with Gasteiger partial charge in [-0.1, -0.05) is 30.3 Å². The molecule has 0 fully saturated rings. The molecule has 0 unspecified atom stereocenters. The first-order valence-electron chi connectivity index (χ1n) is 6.98. The van der Waals surface area contributed by atoms with E-state index in [0.29, 0.717) is 12.1 Å². The lowest BCUT2D eigenvalue weighted by Gasteiger charge is -2.05. The number of hydrogen-bond donors (Lipinski definition) is 1. The van der Waals surface area contributed by atoms with Crippen molar-refractivity contribution in [1.82, 2.24) is 14.7 Å². The maximum atomic E-state index is 12.3. The largest absolute Gasteiger partial charge is 0.346 e. The molecule has 0 atom stereocenters. The average molecular weight is 307 g/mol. The number of benzene rings is 2. The van der Waals surface area contributed by atoms with E-state index in [0.717, 1.165) is 21.4 Å². The number of nitrogens with zero attached hydrogens (tertiary/aromatic N) is 2. The van der Waals surface area contributed by atoms with Crippen molar-refractivity contribution < 1.29 is 4.79 Å². The van der Waals surface area contributed by atoms with Gasteiger partial charge in [-0.3, -0.25) is 9.20 Å². The van der Waals surface area contributed by atoms with E-state index in [1.807, 2.05) is 64.6 Å². The predicted molar refractivity (Wildman–Crippen MR) is 88.2 cm³/mol. The Morgan fingerprint density at radius 3 is 2.91 bits per heavy atom. The molecule has 0 aliphatic heterocycles. The van der Waals surface area contributed by atoms with E-state index < -0.39 is 0 Å². The van der Waals surface area contributed by atoms with Crippen LogP contribution in [0.25, 0.3) is 15.7 Å². The fourth-order valence-corrected chi connectivity index (χ4v) is 3.18.